The number of aromatic nitrogens is 3. The Labute approximate surface area is 107 Å². The highest BCUT2D eigenvalue weighted by molar-refractivity contribution is 5.90. The molecule has 2 rings (SSSR count). The Hall–Kier alpha value is -1.43. The second-order valence-electron chi connectivity index (χ2n) is 5.11. The number of carbonyl (C=O) groups excluding carboxylic acids is 1. The smallest absolute Gasteiger partial charge is 0.291 e. The summed E-state index contributed by atoms with van der Waals surface area (Å²) in [6, 6.07) is 0.888. The lowest BCUT2D eigenvalue weighted by Crippen LogP contribution is -2.47. The number of nitrogens with zero attached hydrogens (tertiary/aromatic N) is 4. The summed E-state index contributed by atoms with van der Waals surface area (Å²) in [7, 11) is 1.85. The van der Waals surface area contributed by atoms with Crippen molar-refractivity contribution in [2.24, 2.45) is 0 Å². The Morgan fingerprint density at radius 3 is 2.67 bits per heavy atom. The number of hydrogen-bond donors (Lipinski definition) is 1. The molecule has 0 atom stereocenters. The molecule has 1 saturated heterocycles. The van der Waals surface area contributed by atoms with Crippen LogP contribution in [-0.2, 0) is 0 Å². The van der Waals surface area contributed by atoms with Crippen molar-refractivity contribution in [3.05, 3.63) is 12.2 Å². The van der Waals surface area contributed by atoms with E-state index in [1.165, 1.54) is 6.33 Å². The second kappa shape index (κ2) is 5.48. The first kappa shape index (κ1) is 13.0. The SMILES string of the molecule is CC(C)N1CCC(N(C)C(=O)c2ncn[nH]2)CC1. The first-order valence-electron chi connectivity index (χ1n) is 6.46. The second-order valence-corrected chi connectivity index (χ2v) is 5.11. The van der Waals surface area contributed by atoms with Crippen molar-refractivity contribution in [3.8, 4) is 0 Å². The van der Waals surface area contributed by atoms with Crippen molar-refractivity contribution in [2.45, 2.75) is 38.8 Å². The molecule has 0 spiro atoms. The van der Waals surface area contributed by atoms with Gasteiger partial charge in [0.15, 0.2) is 0 Å². The summed E-state index contributed by atoms with van der Waals surface area (Å²) < 4.78 is 0. The average Bonchev–Trinajstić information content (AvgIpc) is 2.91. The van der Waals surface area contributed by atoms with Gasteiger partial charge in [-0.25, -0.2) is 4.98 Å². The van der Waals surface area contributed by atoms with Crippen LogP contribution in [0.5, 0.6) is 0 Å². The Kier molecular flexibility index (Phi) is 3.96. The highest BCUT2D eigenvalue weighted by Gasteiger charge is 2.27. The topological polar surface area (TPSA) is 65.1 Å². The molecule has 1 aliphatic rings. The normalized spacial score (nSPS) is 18.2. The molecule has 0 radical (unpaired) electrons. The highest BCUT2D eigenvalue weighted by atomic mass is 16.2. The van der Waals surface area contributed by atoms with Crippen molar-refractivity contribution < 1.29 is 4.79 Å². The van der Waals surface area contributed by atoms with Gasteiger partial charge in [-0.2, -0.15) is 5.10 Å². The van der Waals surface area contributed by atoms with Gasteiger partial charge in [-0.3, -0.25) is 9.89 Å². The summed E-state index contributed by atoms with van der Waals surface area (Å²) in [4.78, 5) is 20.2. The molecule has 0 aromatic carbocycles. The summed E-state index contributed by atoms with van der Waals surface area (Å²) >= 11 is 0. The molecule has 100 valence electrons. The maximum Gasteiger partial charge on any atom is 0.291 e. The minimum absolute atomic E-state index is 0.0736. The molecule has 0 bridgehead atoms. The van der Waals surface area contributed by atoms with E-state index in [9.17, 15) is 4.79 Å². The zero-order chi connectivity index (χ0) is 13.1. The van der Waals surface area contributed by atoms with E-state index in [4.69, 9.17) is 0 Å². The molecule has 0 saturated carbocycles. The monoisotopic (exact) mass is 251 g/mol. The zero-order valence-corrected chi connectivity index (χ0v) is 11.3. The number of hydrogen-bond acceptors (Lipinski definition) is 4. The Morgan fingerprint density at radius 1 is 1.50 bits per heavy atom. The fourth-order valence-corrected chi connectivity index (χ4v) is 2.43. The van der Waals surface area contributed by atoms with Crippen LogP contribution >= 0.6 is 0 Å². The molecule has 1 N–H and O–H groups in total. The Balaban J connectivity index is 1.91. The first-order valence-corrected chi connectivity index (χ1v) is 6.46. The molecule has 0 aliphatic carbocycles. The summed E-state index contributed by atoms with van der Waals surface area (Å²) in [5, 5.41) is 6.34. The predicted molar refractivity (Wildman–Crippen MR) is 68.2 cm³/mol. The molecule has 6 heteroatoms. The van der Waals surface area contributed by atoms with Crippen molar-refractivity contribution in [1.82, 2.24) is 25.0 Å². The van der Waals surface area contributed by atoms with Gasteiger partial charge in [-0.05, 0) is 26.7 Å². The van der Waals surface area contributed by atoms with E-state index in [0.717, 1.165) is 25.9 Å². The van der Waals surface area contributed by atoms with E-state index in [2.05, 4.69) is 33.9 Å². The van der Waals surface area contributed by atoms with Gasteiger partial charge in [-0.15, -0.1) is 0 Å². The molecule has 0 unspecified atom stereocenters. The number of likely N-dealkylation sites (tertiary alicyclic amines) is 1. The van der Waals surface area contributed by atoms with Gasteiger partial charge in [-0.1, -0.05) is 0 Å². The standard InChI is InChI=1S/C12H21N5O/c1-9(2)17-6-4-10(5-7-17)16(3)12(18)11-13-8-14-15-11/h8-10H,4-7H2,1-3H3,(H,13,14,15). The first-order chi connectivity index (χ1) is 8.59. The lowest BCUT2D eigenvalue weighted by molar-refractivity contribution is 0.0604. The highest BCUT2D eigenvalue weighted by Crippen LogP contribution is 2.18. The van der Waals surface area contributed by atoms with Crippen molar-refractivity contribution in [1.29, 1.82) is 0 Å². The maximum absolute atomic E-state index is 12.1. The number of piperidine rings is 1. The third-order valence-electron chi connectivity index (χ3n) is 3.72. The fraction of sp³-hybridized carbons (Fsp3) is 0.750. The lowest BCUT2D eigenvalue weighted by atomic mass is 10.0. The predicted octanol–water partition coefficient (Wildman–Crippen LogP) is 0.749. The van der Waals surface area contributed by atoms with Gasteiger partial charge in [0, 0.05) is 32.2 Å². The molecule has 2 heterocycles. The summed E-state index contributed by atoms with van der Waals surface area (Å²) in [6.07, 6.45) is 3.41. The minimum Gasteiger partial charge on any atom is -0.336 e. The number of aromatic amines is 1. The van der Waals surface area contributed by atoms with E-state index in [1.807, 2.05) is 7.05 Å². The number of rotatable bonds is 3. The number of amides is 1. The van der Waals surface area contributed by atoms with Crippen LogP contribution in [0.3, 0.4) is 0 Å². The van der Waals surface area contributed by atoms with Gasteiger partial charge >= 0.3 is 0 Å². The van der Waals surface area contributed by atoms with Crippen LogP contribution < -0.4 is 0 Å². The third-order valence-corrected chi connectivity index (χ3v) is 3.72. The van der Waals surface area contributed by atoms with Gasteiger partial charge in [0.2, 0.25) is 5.82 Å². The van der Waals surface area contributed by atoms with Crippen LogP contribution in [0.1, 0.15) is 37.3 Å². The molecule has 1 amide bonds. The van der Waals surface area contributed by atoms with Crippen LogP contribution in [0.2, 0.25) is 0 Å². The average molecular weight is 251 g/mol. The van der Waals surface area contributed by atoms with Crippen LogP contribution in [-0.4, -0.2) is 63.1 Å². The quantitative estimate of drug-likeness (QED) is 0.861. The van der Waals surface area contributed by atoms with E-state index in [-0.39, 0.29) is 5.91 Å². The molecule has 1 aliphatic heterocycles. The summed E-state index contributed by atoms with van der Waals surface area (Å²) in [5.41, 5.74) is 0. The lowest BCUT2D eigenvalue weighted by Gasteiger charge is -2.38. The largest absolute Gasteiger partial charge is 0.336 e. The summed E-state index contributed by atoms with van der Waals surface area (Å²) in [6.45, 7) is 6.53. The number of H-pyrrole nitrogens is 1. The van der Waals surface area contributed by atoms with Crippen molar-refractivity contribution in [2.75, 3.05) is 20.1 Å². The molecule has 6 nitrogen and oxygen atoms in total. The van der Waals surface area contributed by atoms with E-state index < -0.39 is 0 Å². The molecule has 18 heavy (non-hydrogen) atoms. The van der Waals surface area contributed by atoms with E-state index >= 15 is 0 Å². The zero-order valence-electron chi connectivity index (χ0n) is 11.3. The van der Waals surface area contributed by atoms with Gasteiger partial charge in [0.1, 0.15) is 6.33 Å². The Bertz CT molecular complexity index is 381. The van der Waals surface area contributed by atoms with E-state index in [1.54, 1.807) is 4.90 Å². The van der Waals surface area contributed by atoms with Crippen molar-refractivity contribution >= 4 is 5.91 Å². The van der Waals surface area contributed by atoms with Crippen LogP contribution in [0.4, 0.5) is 0 Å². The molecular formula is C12H21N5O. The van der Waals surface area contributed by atoms with Crippen molar-refractivity contribution in [3.63, 3.8) is 0 Å². The van der Waals surface area contributed by atoms with Gasteiger partial charge < -0.3 is 9.80 Å². The Morgan fingerprint density at radius 2 is 2.17 bits per heavy atom. The van der Waals surface area contributed by atoms with Crippen LogP contribution in [0.25, 0.3) is 0 Å². The maximum atomic E-state index is 12.1. The number of nitrogens with one attached hydrogen (secondary N) is 1. The van der Waals surface area contributed by atoms with E-state index in [0.29, 0.717) is 17.9 Å². The van der Waals surface area contributed by atoms with Crippen LogP contribution in [0.15, 0.2) is 6.33 Å². The fourth-order valence-electron chi connectivity index (χ4n) is 2.43. The molecule has 1 fully saturated rings. The third kappa shape index (κ3) is 2.69. The van der Waals surface area contributed by atoms with Gasteiger partial charge in [0.05, 0.1) is 0 Å². The van der Waals surface area contributed by atoms with Crippen LogP contribution in [0, 0.1) is 0 Å². The molecule has 1 aromatic rings. The van der Waals surface area contributed by atoms with Gasteiger partial charge in [0.25, 0.3) is 5.91 Å². The molecule has 1 aromatic heterocycles. The minimum atomic E-state index is -0.0736. The summed E-state index contributed by atoms with van der Waals surface area (Å²) in [5.74, 6) is 0.249. The molecular weight excluding hydrogens is 230 g/mol. The number of carbonyl (C=O) groups is 1.